The molecule has 0 N–H and O–H groups in total. The Balaban J connectivity index is 1.57. The maximum atomic E-state index is 13.8. The zero-order valence-electron chi connectivity index (χ0n) is 17.5. The van der Waals surface area contributed by atoms with Crippen LogP contribution in [0.15, 0.2) is 41.3 Å². The maximum absolute atomic E-state index is 13.8. The number of methoxy groups -OCH3 is 1. The van der Waals surface area contributed by atoms with Crippen molar-refractivity contribution in [2.45, 2.75) is 31.6 Å². The van der Waals surface area contributed by atoms with Crippen LogP contribution < -0.4 is 4.74 Å². The molecule has 0 aliphatic carbocycles. The van der Waals surface area contributed by atoms with E-state index in [9.17, 15) is 17.6 Å². The molecule has 3 rings (SSSR count). The van der Waals surface area contributed by atoms with Gasteiger partial charge in [0.1, 0.15) is 0 Å². The molecule has 0 aromatic heterocycles. The predicted octanol–water partition coefficient (Wildman–Crippen LogP) is 2.92. The van der Waals surface area contributed by atoms with E-state index < -0.39 is 15.8 Å². The number of carbonyl (C=O) groups excluding carboxylic acids is 1. The highest BCUT2D eigenvalue weighted by atomic mass is 32.2. The van der Waals surface area contributed by atoms with Crippen LogP contribution in [0.5, 0.6) is 5.75 Å². The van der Waals surface area contributed by atoms with Gasteiger partial charge in [-0.1, -0.05) is 23.8 Å². The number of piperazine rings is 1. The zero-order chi connectivity index (χ0) is 21.9. The van der Waals surface area contributed by atoms with Gasteiger partial charge in [-0.2, -0.15) is 4.31 Å². The largest absolute Gasteiger partial charge is 0.494 e. The van der Waals surface area contributed by atoms with Crippen LogP contribution in [0, 0.1) is 19.7 Å². The van der Waals surface area contributed by atoms with Gasteiger partial charge in [0.05, 0.1) is 12.0 Å². The highest BCUT2D eigenvalue weighted by Crippen LogP contribution is 2.23. The lowest BCUT2D eigenvalue weighted by atomic mass is 10.1. The van der Waals surface area contributed by atoms with E-state index in [1.165, 1.54) is 17.5 Å². The molecule has 2 aromatic rings. The number of carbonyl (C=O) groups is 1. The first-order chi connectivity index (χ1) is 14.2. The van der Waals surface area contributed by atoms with Crippen molar-refractivity contribution in [1.29, 1.82) is 0 Å². The molecule has 162 valence electrons. The summed E-state index contributed by atoms with van der Waals surface area (Å²) < 4.78 is 46.1. The minimum atomic E-state index is -3.58. The van der Waals surface area contributed by atoms with Gasteiger partial charge in [0, 0.05) is 32.6 Å². The average molecular weight is 435 g/mol. The number of benzene rings is 2. The number of nitrogens with zero attached hydrogens (tertiary/aromatic N) is 2. The SMILES string of the molecule is COc1ccc(CCC(=O)N2CCN(S(=O)(=O)c3ccc(C)cc3C)CC2)cc1F. The molecule has 6 nitrogen and oxygen atoms in total. The number of hydrogen-bond donors (Lipinski definition) is 0. The highest BCUT2D eigenvalue weighted by Gasteiger charge is 2.30. The first kappa shape index (κ1) is 22.2. The fourth-order valence-corrected chi connectivity index (χ4v) is 5.31. The molecule has 0 atom stereocenters. The second-order valence-corrected chi connectivity index (χ2v) is 9.43. The third-order valence-electron chi connectivity index (χ3n) is 5.38. The molecular weight excluding hydrogens is 407 g/mol. The van der Waals surface area contributed by atoms with E-state index in [0.717, 1.165) is 16.7 Å². The van der Waals surface area contributed by atoms with E-state index in [0.29, 0.717) is 24.4 Å². The second-order valence-electron chi connectivity index (χ2n) is 7.52. The van der Waals surface area contributed by atoms with E-state index in [1.54, 1.807) is 36.1 Å². The van der Waals surface area contributed by atoms with Gasteiger partial charge in [-0.05, 0) is 49.6 Å². The Labute approximate surface area is 177 Å². The van der Waals surface area contributed by atoms with Gasteiger partial charge in [0.2, 0.25) is 15.9 Å². The van der Waals surface area contributed by atoms with Gasteiger partial charge in [-0.15, -0.1) is 0 Å². The lowest BCUT2D eigenvalue weighted by Crippen LogP contribution is -2.50. The fourth-order valence-electron chi connectivity index (χ4n) is 3.68. The monoisotopic (exact) mass is 434 g/mol. The number of sulfonamides is 1. The number of aryl methyl sites for hydroxylation is 3. The van der Waals surface area contributed by atoms with Crippen molar-refractivity contribution < 1.29 is 22.3 Å². The van der Waals surface area contributed by atoms with Crippen LogP contribution in [-0.2, 0) is 21.2 Å². The van der Waals surface area contributed by atoms with E-state index in [-0.39, 0.29) is 31.2 Å². The van der Waals surface area contributed by atoms with Gasteiger partial charge < -0.3 is 9.64 Å². The van der Waals surface area contributed by atoms with E-state index >= 15 is 0 Å². The summed E-state index contributed by atoms with van der Waals surface area (Å²) >= 11 is 0. The maximum Gasteiger partial charge on any atom is 0.243 e. The fraction of sp³-hybridized carbons (Fsp3) is 0.409. The van der Waals surface area contributed by atoms with Crippen LogP contribution in [-0.4, -0.2) is 56.8 Å². The first-order valence-electron chi connectivity index (χ1n) is 9.90. The molecule has 0 unspecified atom stereocenters. The third-order valence-corrected chi connectivity index (χ3v) is 7.44. The van der Waals surface area contributed by atoms with Crippen LogP contribution >= 0.6 is 0 Å². The van der Waals surface area contributed by atoms with Crippen molar-refractivity contribution >= 4 is 15.9 Å². The Morgan fingerprint density at radius 2 is 1.77 bits per heavy atom. The molecule has 0 spiro atoms. The van der Waals surface area contributed by atoms with Gasteiger partial charge in [0.25, 0.3) is 0 Å². The molecule has 1 heterocycles. The van der Waals surface area contributed by atoms with E-state index in [4.69, 9.17) is 4.74 Å². The van der Waals surface area contributed by atoms with Gasteiger partial charge in [0.15, 0.2) is 11.6 Å². The van der Waals surface area contributed by atoms with Gasteiger partial charge in [-0.25, -0.2) is 12.8 Å². The lowest BCUT2D eigenvalue weighted by Gasteiger charge is -2.34. The van der Waals surface area contributed by atoms with Crippen LogP contribution in [0.4, 0.5) is 4.39 Å². The minimum absolute atomic E-state index is 0.0604. The molecule has 1 aliphatic heterocycles. The van der Waals surface area contributed by atoms with Crippen LogP contribution in [0.25, 0.3) is 0 Å². The van der Waals surface area contributed by atoms with Gasteiger partial charge in [-0.3, -0.25) is 4.79 Å². The molecule has 0 saturated carbocycles. The molecular formula is C22H27FN2O4S. The molecule has 0 bridgehead atoms. The normalized spacial score (nSPS) is 15.3. The van der Waals surface area contributed by atoms with Crippen molar-refractivity contribution in [3.05, 3.63) is 58.9 Å². The van der Waals surface area contributed by atoms with Gasteiger partial charge >= 0.3 is 0 Å². The first-order valence-corrected chi connectivity index (χ1v) is 11.3. The molecule has 1 aliphatic rings. The number of rotatable bonds is 6. The summed E-state index contributed by atoms with van der Waals surface area (Å²) in [6, 6.07) is 9.96. The van der Waals surface area contributed by atoms with Crippen molar-refractivity contribution in [2.24, 2.45) is 0 Å². The molecule has 1 saturated heterocycles. The minimum Gasteiger partial charge on any atom is -0.494 e. The Hall–Kier alpha value is -2.45. The molecule has 1 amide bonds. The number of ether oxygens (including phenoxy) is 1. The summed E-state index contributed by atoms with van der Waals surface area (Å²) in [5, 5.41) is 0. The molecule has 30 heavy (non-hydrogen) atoms. The van der Waals surface area contributed by atoms with E-state index in [1.807, 2.05) is 13.0 Å². The molecule has 2 aromatic carbocycles. The number of halogens is 1. The summed E-state index contributed by atoms with van der Waals surface area (Å²) in [5.41, 5.74) is 2.46. The van der Waals surface area contributed by atoms with Crippen molar-refractivity contribution in [3.63, 3.8) is 0 Å². The Bertz CT molecular complexity index is 1030. The highest BCUT2D eigenvalue weighted by molar-refractivity contribution is 7.89. The lowest BCUT2D eigenvalue weighted by molar-refractivity contribution is -0.132. The van der Waals surface area contributed by atoms with Crippen LogP contribution in [0.3, 0.4) is 0 Å². The second kappa shape index (κ2) is 9.14. The van der Waals surface area contributed by atoms with Crippen LogP contribution in [0.2, 0.25) is 0 Å². The van der Waals surface area contributed by atoms with Crippen LogP contribution in [0.1, 0.15) is 23.1 Å². The molecule has 0 radical (unpaired) electrons. The number of hydrogen-bond acceptors (Lipinski definition) is 4. The van der Waals surface area contributed by atoms with E-state index in [2.05, 4.69) is 0 Å². The zero-order valence-corrected chi connectivity index (χ0v) is 18.3. The summed E-state index contributed by atoms with van der Waals surface area (Å²) in [6.45, 7) is 4.94. The molecule has 1 fully saturated rings. The molecule has 8 heteroatoms. The summed E-state index contributed by atoms with van der Waals surface area (Å²) in [4.78, 5) is 14.5. The summed E-state index contributed by atoms with van der Waals surface area (Å²) in [5.74, 6) is -0.339. The Morgan fingerprint density at radius 3 is 2.37 bits per heavy atom. The summed E-state index contributed by atoms with van der Waals surface area (Å²) in [6.07, 6.45) is 0.663. The van der Waals surface area contributed by atoms with Crippen molar-refractivity contribution in [3.8, 4) is 5.75 Å². The quantitative estimate of drug-likeness (QED) is 0.701. The Kier molecular flexibility index (Phi) is 6.77. The predicted molar refractivity (Wildman–Crippen MR) is 113 cm³/mol. The number of amides is 1. The Morgan fingerprint density at radius 1 is 1.07 bits per heavy atom. The topological polar surface area (TPSA) is 66.9 Å². The van der Waals surface area contributed by atoms with Crippen molar-refractivity contribution in [2.75, 3.05) is 33.3 Å². The standard InChI is InChI=1S/C22H27FN2O4S/c1-16-4-8-21(17(2)14-16)30(27,28)25-12-10-24(11-13-25)22(26)9-6-18-5-7-20(29-3)19(23)15-18/h4-5,7-8,14-15H,6,9-13H2,1-3H3. The summed E-state index contributed by atoms with van der Waals surface area (Å²) in [7, 11) is -2.18. The third kappa shape index (κ3) is 4.82. The average Bonchev–Trinajstić information content (AvgIpc) is 2.72. The van der Waals surface area contributed by atoms with Crippen molar-refractivity contribution in [1.82, 2.24) is 9.21 Å². The smallest absolute Gasteiger partial charge is 0.243 e.